The Balaban J connectivity index is 1.98. The third kappa shape index (κ3) is 5.28. The number of nitrogens with one attached hydrogen (secondary N) is 2. The van der Waals surface area contributed by atoms with Crippen molar-refractivity contribution in [2.24, 2.45) is 0 Å². The van der Waals surface area contributed by atoms with E-state index in [2.05, 4.69) is 10.6 Å². The van der Waals surface area contributed by atoms with Crippen LogP contribution in [0.5, 0.6) is 11.5 Å². The molecule has 0 aliphatic heterocycles. The van der Waals surface area contributed by atoms with Crippen LogP contribution in [-0.2, 0) is 0 Å². The van der Waals surface area contributed by atoms with Crippen molar-refractivity contribution < 1.29 is 14.3 Å². The van der Waals surface area contributed by atoms with Crippen molar-refractivity contribution in [3.63, 3.8) is 0 Å². The highest BCUT2D eigenvalue weighted by Gasteiger charge is 2.16. The number of anilines is 1. The van der Waals surface area contributed by atoms with Crippen molar-refractivity contribution in [3.8, 4) is 11.5 Å². The number of benzene rings is 2. The highest BCUT2D eigenvalue weighted by Crippen LogP contribution is 2.26. The number of likely N-dealkylation sites (N-methyl/N-ethyl adjacent to an activating group) is 1. The van der Waals surface area contributed by atoms with Crippen LogP contribution in [0.2, 0.25) is 5.02 Å². The van der Waals surface area contributed by atoms with Crippen LogP contribution in [0.25, 0.3) is 0 Å². The molecule has 0 aromatic heterocycles. The van der Waals surface area contributed by atoms with Gasteiger partial charge in [0, 0.05) is 12.6 Å². The lowest BCUT2D eigenvalue weighted by atomic mass is 10.1. The second-order valence-corrected chi connectivity index (χ2v) is 6.34. The Morgan fingerprint density at radius 2 is 1.69 bits per heavy atom. The standard InChI is InChI=1S/C19H24ClN3O3/c1-23(2)18(13-5-7-14(25-3)8-6-13)12-21-19(24)22-17-10-9-15(26-4)11-16(17)20/h5-11,18H,12H2,1-4H3,(H2,21,22,24). The zero-order valence-electron chi connectivity index (χ0n) is 15.4. The number of carbonyl (C=O) groups is 1. The fourth-order valence-electron chi connectivity index (χ4n) is 2.50. The summed E-state index contributed by atoms with van der Waals surface area (Å²) in [4.78, 5) is 14.3. The van der Waals surface area contributed by atoms with Crippen LogP contribution in [0.3, 0.4) is 0 Å². The van der Waals surface area contributed by atoms with Gasteiger partial charge in [-0.25, -0.2) is 4.79 Å². The lowest BCUT2D eigenvalue weighted by Crippen LogP contribution is -2.36. The van der Waals surface area contributed by atoms with Crippen LogP contribution < -0.4 is 20.1 Å². The summed E-state index contributed by atoms with van der Waals surface area (Å²) in [5, 5.41) is 6.05. The first kappa shape index (κ1) is 19.9. The van der Waals surface area contributed by atoms with E-state index in [-0.39, 0.29) is 12.1 Å². The zero-order valence-corrected chi connectivity index (χ0v) is 16.1. The number of halogens is 1. The molecule has 1 unspecified atom stereocenters. The summed E-state index contributed by atoms with van der Waals surface area (Å²) >= 11 is 6.15. The molecule has 2 rings (SSSR count). The molecule has 0 heterocycles. The Bertz CT molecular complexity index is 735. The first-order chi connectivity index (χ1) is 12.4. The van der Waals surface area contributed by atoms with E-state index in [1.54, 1.807) is 32.4 Å². The van der Waals surface area contributed by atoms with Gasteiger partial charge in [-0.3, -0.25) is 0 Å². The second-order valence-electron chi connectivity index (χ2n) is 5.93. The van der Waals surface area contributed by atoms with Gasteiger partial charge in [-0.1, -0.05) is 23.7 Å². The van der Waals surface area contributed by atoms with Crippen molar-refractivity contribution in [2.75, 3.05) is 40.2 Å². The van der Waals surface area contributed by atoms with E-state index in [1.807, 2.05) is 43.3 Å². The van der Waals surface area contributed by atoms with Crippen LogP contribution in [-0.4, -0.2) is 45.8 Å². The minimum absolute atomic E-state index is 0.0259. The average Bonchev–Trinajstić information content (AvgIpc) is 2.63. The Hall–Kier alpha value is -2.44. The van der Waals surface area contributed by atoms with Crippen LogP contribution in [0.4, 0.5) is 10.5 Å². The minimum atomic E-state index is -0.322. The number of hydrogen-bond acceptors (Lipinski definition) is 4. The molecule has 0 saturated heterocycles. The second kappa shape index (κ2) is 9.31. The first-order valence-electron chi connectivity index (χ1n) is 8.13. The number of amides is 2. The molecule has 6 nitrogen and oxygen atoms in total. The summed E-state index contributed by atoms with van der Waals surface area (Å²) in [6.45, 7) is 0.443. The third-order valence-corrected chi connectivity index (χ3v) is 4.32. The van der Waals surface area contributed by atoms with E-state index in [4.69, 9.17) is 21.1 Å². The quantitative estimate of drug-likeness (QED) is 0.770. The monoisotopic (exact) mass is 377 g/mol. The molecule has 7 heteroatoms. The molecule has 140 valence electrons. The molecule has 0 aliphatic carbocycles. The Morgan fingerprint density at radius 1 is 1.08 bits per heavy atom. The van der Waals surface area contributed by atoms with Gasteiger partial charge in [-0.15, -0.1) is 0 Å². The van der Waals surface area contributed by atoms with Crippen molar-refractivity contribution in [3.05, 3.63) is 53.1 Å². The minimum Gasteiger partial charge on any atom is -0.497 e. The Morgan fingerprint density at radius 3 is 2.23 bits per heavy atom. The fraction of sp³-hybridized carbons (Fsp3) is 0.316. The van der Waals surface area contributed by atoms with Crippen LogP contribution in [0.15, 0.2) is 42.5 Å². The zero-order chi connectivity index (χ0) is 19.1. The van der Waals surface area contributed by atoms with Crippen molar-refractivity contribution >= 4 is 23.3 Å². The van der Waals surface area contributed by atoms with Crippen molar-refractivity contribution in [1.29, 1.82) is 0 Å². The maximum Gasteiger partial charge on any atom is 0.319 e. The molecular weight excluding hydrogens is 354 g/mol. The predicted octanol–water partition coefficient (Wildman–Crippen LogP) is 3.78. The first-order valence-corrected chi connectivity index (χ1v) is 8.51. The van der Waals surface area contributed by atoms with E-state index in [9.17, 15) is 4.79 Å². The van der Waals surface area contributed by atoms with Crippen LogP contribution in [0.1, 0.15) is 11.6 Å². The van der Waals surface area contributed by atoms with Gasteiger partial charge in [0.05, 0.1) is 31.0 Å². The maximum absolute atomic E-state index is 12.2. The van der Waals surface area contributed by atoms with E-state index in [1.165, 1.54) is 0 Å². The highest BCUT2D eigenvalue weighted by atomic mass is 35.5. The van der Waals surface area contributed by atoms with Crippen LogP contribution >= 0.6 is 11.6 Å². The van der Waals surface area contributed by atoms with Gasteiger partial charge in [0.25, 0.3) is 0 Å². The molecule has 2 amide bonds. The molecule has 1 atom stereocenters. The van der Waals surface area contributed by atoms with Gasteiger partial charge in [0.2, 0.25) is 0 Å². The number of methoxy groups -OCH3 is 2. The van der Waals surface area contributed by atoms with Gasteiger partial charge in [0.1, 0.15) is 11.5 Å². The maximum atomic E-state index is 12.2. The lowest BCUT2D eigenvalue weighted by Gasteiger charge is -2.25. The van der Waals surface area contributed by atoms with Gasteiger partial charge in [0.15, 0.2) is 0 Å². The molecule has 2 aromatic carbocycles. The lowest BCUT2D eigenvalue weighted by molar-refractivity contribution is 0.243. The van der Waals surface area contributed by atoms with Crippen LogP contribution in [0, 0.1) is 0 Å². The van der Waals surface area contributed by atoms with E-state index >= 15 is 0 Å². The predicted molar refractivity (Wildman–Crippen MR) is 104 cm³/mol. The number of nitrogens with zero attached hydrogens (tertiary/aromatic N) is 1. The summed E-state index contributed by atoms with van der Waals surface area (Å²) in [6.07, 6.45) is 0. The summed E-state index contributed by atoms with van der Waals surface area (Å²) in [5.41, 5.74) is 1.61. The number of carbonyl (C=O) groups excluding carboxylic acids is 1. The van der Waals surface area contributed by atoms with Gasteiger partial charge in [-0.05, 0) is 43.9 Å². The van der Waals surface area contributed by atoms with E-state index < -0.39 is 0 Å². The smallest absolute Gasteiger partial charge is 0.319 e. The molecular formula is C19H24ClN3O3. The molecule has 2 N–H and O–H groups in total. The van der Waals surface area contributed by atoms with E-state index in [0.29, 0.717) is 23.0 Å². The normalized spacial score (nSPS) is 11.8. The molecule has 26 heavy (non-hydrogen) atoms. The summed E-state index contributed by atoms with van der Waals surface area (Å²) in [5.74, 6) is 1.43. The molecule has 0 spiro atoms. The van der Waals surface area contributed by atoms with Crippen molar-refractivity contribution in [1.82, 2.24) is 10.2 Å². The summed E-state index contributed by atoms with van der Waals surface area (Å²) in [6, 6.07) is 12.6. The van der Waals surface area contributed by atoms with Gasteiger partial charge in [-0.2, -0.15) is 0 Å². The number of rotatable bonds is 7. The Kier molecular flexibility index (Phi) is 7.12. The Labute approximate surface area is 159 Å². The topological polar surface area (TPSA) is 62.8 Å². The fourth-order valence-corrected chi connectivity index (χ4v) is 2.72. The van der Waals surface area contributed by atoms with Gasteiger partial charge < -0.3 is 25.0 Å². The molecule has 0 radical (unpaired) electrons. The summed E-state index contributed by atoms with van der Waals surface area (Å²) in [7, 11) is 7.13. The van der Waals surface area contributed by atoms with E-state index in [0.717, 1.165) is 11.3 Å². The average molecular weight is 378 g/mol. The molecule has 2 aromatic rings. The molecule has 0 saturated carbocycles. The number of urea groups is 1. The third-order valence-electron chi connectivity index (χ3n) is 4.00. The number of ether oxygens (including phenoxy) is 2. The van der Waals surface area contributed by atoms with Gasteiger partial charge >= 0.3 is 6.03 Å². The van der Waals surface area contributed by atoms with Crippen molar-refractivity contribution in [2.45, 2.75) is 6.04 Å². The molecule has 0 aliphatic rings. The molecule has 0 fully saturated rings. The largest absolute Gasteiger partial charge is 0.497 e. The summed E-state index contributed by atoms with van der Waals surface area (Å²) < 4.78 is 10.3. The highest BCUT2D eigenvalue weighted by molar-refractivity contribution is 6.33. The molecule has 0 bridgehead atoms. The number of hydrogen-bond donors (Lipinski definition) is 2. The SMILES string of the molecule is COc1ccc(C(CNC(=O)Nc2ccc(OC)cc2Cl)N(C)C)cc1.